The molecule has 3 aromatic carbocycles. The minimum atomic E-state index is -0.186. The lowest BCUT2D eigenvalue weighted by Gasteiger charge is -2.15. The first-order chi connectivity index (χ1) is 14.1. The second kappa shape index (κ2) is 9.21. The van der Waals surface area contributed by atoms with E-state index in [1.165, 1.54) is 0 Å². The van der Waals surface area contributed by atoms with Crippen LogP contribution in [0.3, 0.4) is 0 Å². The van der Waals surface area contributed by atoms with Gasteiger partial charge in [-0.05, 0) is 66.6 Å². The smallest absolute Gasteiger partial charge is 0.251 e. The van der Waals surface area contributed by atoms with E-state index in [9.17, 15) is 4.79 Å². The number of hydrogen-bond acceptors (Lipinski definition) is 4. The van der Waals surface area contributed by atoms with Crippen LogP contribution in [0.15, 0.2) is 72.8 Å². The van der Waals surface area contributed by atoms with E-state index in [1.807, 2.05) is 31.2 Å². The summed E-state index contributed by atoms with van der Waals surface area (Å²) in [6, 6.07) is 25.3. The Morgan fingerprint density at radius 3 is 2.21 bits per heavy atom. The normalized spacial score (nSPS) is 11.0. The molecule has 3 rings (SSSR count). The molecule has 5 heteroatoms. The Morgan fingerprint density at radius 2 is 1.59 bits per heavy atom. The van der Waals surface area contributed by atoms with Crippen LogP contribution in [0.2, 0.25) is 0 Å². The first kappa shape index (κ1) is 19.7. The van der Waals surface area contributed by atoms with Crippen molar-refractivity contribution in [1.29, 1.82) is 10.5 Å². The van der Waals surface area contributed by atoms with Gasteiger partial charge in [-0.25, -0.2) is 0 Å². The van der Waals surface area contributed by atoms with Crippen LogP contribution in [-0.4, -0.2) is 5.91 Å². The maximum atomic E-state index is 12.6. The van der Waals surface area contributed by atoms with Crippen LogP contribution in [0, 0.1) is 22.7 Å². The summed E-state index contributed by atoms with van der Waals surface area (Å²) < 4.78 is 5.73. The summed E-state index contributed by atoms with van der Waals surface area (Å²) in [7, 11) is 0. The third-order valence-electron chi connectivity index (χ3n) is 4.47. The predicted molar refractivity (Wildman–Crippen MR) is 109 cm³/mol. The highest BCUT2D eigenvalue weighted by atomic mass is 16.5. The molecule has 0 saturated carbocycles. The molecule has 0 aliphatic heterocycles. The van der Waals surface area contributed by atoms with Crippen LogP contribution in [0.1, 0.15) is 45.6 Å². The van der Waals surface area contributed by atoms with Gasteiger partial charge in [0.05, 0.1) is 29.3 Å². The Morgan fingerprint density at radius 1 is 0.966 bits per heavy atom. The fourth-order valence-electron chi connectivity index (χ4n) is 2.80. The molecule has 1 atom stereocenters. The van der Waals surface area contributed by atoms with Crippen LogP contribution < -0.4 is 10.1 Å². The molecule has 0 fully saturated rings. The lowest BCUT2D eigenvalue weighted by molar-refractivity contribution is 0.0939. The van der Waals surface area contributed by atoms with Crippen molar-refractivity contribution < 1.29 is 9.53 Å². The van der Waals surface area contributed by atoms with Crippen molar-refractivity contribution in [2.45, 2.75) is 19.6 Å². The molecule has 0 heterocycles. The number of ether oxygens (including phenoxy) is 1. The topological polar surface area (TPSA) is 85.9 Å². The highest BCUT2D eigenvalue weighted by molar-refractivity contribution is 5.94. The first-order valence-corrected chi connectivity index (χ1v) is 9.12. The molecule has 1 unspecified atom stereocenters. The Hall–Kier alpha value is -4.09. The zero-order valence-electron chi connectivity index (χ0n) is 15.9. The fourth-order valence-corrected chi connectivity index (χ4v) is 2.80. The SMILES string of the molecule is CC(NC(=O)c1cccc(COc2ccc(C#N)cc2)c1)c1ccc(C#N)cc1. The number of carbonyl (C=O) groups excluding carboxylic acids is 1. The van der Waals surface area contributed by atoms with E-state index in [2.05, 4.69) is 17.5 Å². The summed E-state index contributed by atoms with van der Waals surface area (Å²) in [4.78, 5) is 12.6. The molecule has 0 aromatic heterocycles. The number of benzene rings is 3. The molecular weight excluding hydrogens is 362 g/mol. The average Bonchev–Trinajstić information content (AvgIpc) is 2.78. The lowest BCUT2D eigenvalue weighted by atomic mass is 10.1. The number of hydrogen-bond donors (Lipinski definition) is 1. The number of nitrogens with one attached hydrogen (secondary N) is 1. The summed E-state index contributed by atoms with van der Waals surface area (Å²) in [5.74, 6) is 0.482. The van der Waals surface area contributed by atoms with Gasteiger partial charge in [-0.3, -0.25) is 4.79 Å². The number of amides is 1. The van der Waals surface area contributed by atoms with Crippen LogP contribution in [0.4, 0.5) is 0 Å². The largest absolute Gasteiger partial charge is 0.489 e. The van der Waals surface area contributed by atoms with Gasteiger partial charge in [-0.2, -0.15) is 10.5 Å². The van der Waals surface area contributed by atoms with Gasteiger partial charge in [-0.15, -0.1) is 0 Å². The van der Waals surface area contributed by atoms with Crippen molar-refractivity contribution in [2.75, 3.05) is 0 Å². The number of rotatable bonds is 6. The zero-order valence-corrected chi connectivity index (χ0v) is 15.9. The molecule has 1 amide bonds. The van der Waals surface area contributed by atoms with Crippen LogP contribution in [0.5, 0.6) is 5.75 Å². The van der Waals surface area contributed by atoms with Crippen LogP contribution in [-0.2, 0) is 6.61 Å². The van der Waals surface area contributed by atoms with Gasteiger partial charge in [0.1, 0.15) is 12.4 Å². The Kier molecular flexibility index (Phi) is 6.25. The van der Waals surface area contributed by atoms with E-state index >= 15 is 0 Å². The molecule has 0 spiro atoms. The molecule has 142 valence electrons. The summed E-state index contributed by atoms with van der Waals surface area (Å²) in [5.41, 5.74) is 3.51. The number of carbonyl (C=O) groups is 1. The van der Waals surface area contributed by atoms with Gasteiger partial charge in [0, 0.05) is 5.56 Å². The van der Waals surface area contributed by atoms with E-state index < -0.39 is 0 Å². The van der Waals surface area contributed by atoms with Crippen molar-refractivity contribution in [3.8, 4) is 17.9 Å². The van der Waals surface area contributed by atoms with E-state index in [0.29, 0.717) is 29.0 Å². The monoisotopic (exact) mass is 381 g/mol. The predicted octanol–water partition coefficient (Wildman–Crippen LogP) is 4.50. The molecule has 0 aliphatic rings. The van der Waals surface area contributed by atoms with Crippen LogP contribution >= 0.6 is 0 Å². The van der Waals surface area contributed by atoms with E-state index in [4.69, 9.17) is 15.3 Å². The molecule has 0 bridgehead atoms. The van der Waals surface area contributed by atoms with Crippen molar-refractivity contribution in [3.63, 3.8) is 0 Å². The highest BCUT2D eigenvalue weighted by Crippen LogP contribution is 2.16. The van der Waals surface area contributed by atoms with Gasteiger partial charge < -0.3 is 10.1 Å². The molecule has 1 N–H and O–H groups in total. The summed E-state index contributed by atoms with van der Waals surface area (Å²) in [6.45, 7) is 2.22. The summed E-state index contributed by atoms with van der Waals surface area (Å²) >= 11 is 0. The van der Waals surface area contributed by atoms with Gasteiger partial charge in [0.2, 0.25) is 0 Å². The third-order valence-corrected chi connectivity index (χ3v) is 4.47. The second-order valence-electron chi connectivity index (χ2n) is 6.55. The molecule has 0 saturated heterocycles. The van der Waals surface area contributed by atoms with Crippen molar-refractivity contribution >= 4 is 5.91 Å². The molecule has 0 aliphatic carbocycles. The van der Waals surface area contributed by atoms with Crippen molar-refractivity contribution in [3.05, 3.63) is 101 Å². The Labute approximate surface area is 169 Å². The molecule has 5 nitrogen and oxygen atoms in total. The number of nitrogens with zero attached hydrogens (tertiary/aromatic N) is 2. The zero-order chi connectivity index (χ0) is 20.6. The maximum absolute atomic E-state index is 12.6. The average molecular weight is 381 g/mol. The van der Waals surface area contributed by atoms with E-state index in [-0.39, 0.29) is 11.9 Å². The number of nitriles is 2. The second-order valence-corrected chi connectivity index (χ2v) is 6.55. The van der Waals surface area contributed by atoms with Gasteiger partial charge in [-0.1, -0.05) is 24.3 Å². The first-order valence-electron chi connectivity index (χ1n) is 9.12. The van der Waals surface area contributed by atoms with E-state index in [0.717, 1.165) is 11.1 Å². The van der Waals surface area contributed by atoms with Gasteiger partial charge in [0.15, 0.2) is 0 Å². The Balaban J connectivity index is 1.62. The standard InChI is InChI=1S/C24H19N3O2/c1-17(21-9-5-18(14-25)6-10-21)27-24(28)22-4-2-3-20(13-22)16-29-23-11-7-19(15-26)8-12-23/h2-13,17H,16H2,1H3,(H,27,28). The maximum Gasteiger partial charge on any atom is 0.251 e. The summed E-state index contributed by atoms with van der Waals surface area (Å²) in [6.07, 6.45) is 0. The fraction of sp³-hybridized carbons (Fsp3) is 0.125. The molecular formula is C24H19N3O2. The molecule has 3 aromatic rings. The quantitative estimate of drug-likeness (QED) is 0.681. The Bertz CT molecular complexity index is 1070. The third kappa shape index (κ3) is 5.22. The highest BCUT2D eigenvalue weighted by Gasteiger charge is 2.12. The van der Waals surface area contributed by atoms with Crippen molar-refractivity contribution in [2.24, 2.45) is 0 Å². The van der Waals surface area contributed by atoms with Gasteiger partial charge >= 0.3 is 0 Å². The van der Waals surface area contributed by atoms with Gasteiger partial charge in [0.25, 0.3) is 5.91 Å². The van der Waals surface area contributed by atoms with Crippen molar-refractivity contribution in [1.82, 2.24) is 5.32 Å². The van der Waals surface area contributed by atoms with Crippen LogP contribution in [0.25, 0.3) is 0 Å². The molecule has 29 heavy (non-hydrogen) atoms. The minimum Gasteiger partial charge on any atom is -0.489 e. The lowest BCUT2D eigenvalue weighted by Crippen LogP contribution is -2.26. The molecule has 0 radical (unpaired) electrons. The van der Waals surface area contributed by atoms with E-state index in [1.54, 1.807) is 48.5 Å². The summed E-state index contributed by atoms with van der Waals surface area (Å²) in [5, 5.41) is 20.7. The minimum absolute atomic E-state index is 0.179.